The van der Waals surface area contributed by atoms with Crippen LogP contribution in [0.3, 0.4) is 0 Å². The summed E-state index contributed by atoms with van der Waals surface area (Å²) in [6, 6.07) is 15.3. The van der Waals surface area contributed by atoms with Gasteiger partial charge in [-0.3, -0.25) is 9.69 Å². The zero-order valence-electron chi connectivity index (χ0n) is 17.4. The van der Waals surface area contributed by atoms with Crippen molar-refractivity contribution in [3.05, 3.63) is 64.7 Å². The van der Waals surface area contributed by atoms with Crippen LogP contribution >= 0.6 is 11.6 Å². The van der Waals surface area contributed by atoms with Crippen molar-refractivity contribution < 1.29 is 9.53 Å². The molecule has 0 radical (unpaired) electrons. The van der Waals surface area contributed by atoms with E-state index in [0.717, 1.165) is 48.8 Å². The number of hydrogen-bond acceptors (Lipinski definition) is 5. The Hall–Kier alpha value is -2.41. The summed E-state index contributed by atoms with van der Waals surface area (Å²) in [5.41, 5.74) is 2.66. The molecule has 0 bridgehead atoms. The van der Waals surface area contributed by atoms with Gasteiger partial charge in [-0.1, -0.05) is 41.9 Å². The second kappa shape index (κ2) is 9.16. The molecule has 1 saturated heterocycles. The first-order valence-corrected chi connectivity index (χ1v) is 10.6. The maximum Gasteiger partial charge on any atom is 0.257 e. The van der Waals surface area contributed by atoms with Crippen LogP contribution in [0.15, 0.2) is 53.6 Å². The average Bonchev–Trinajstić information content (AvgIpc) is 3.21. The standard InChI is InChI=1S/C23H27ClN4O2/c1-26-11-13-27(14-12-26)16-23(29)28-21(17-7-3-5-9-19(17)24)15-20(25-28)18-8-4-6-10-22(18)30-2/h3-10,21H,11-16H2,1-2H3. The number of carbonyl (C=O) groups is 1. The predicted octanol–water partition coefficient (Wildman–Crippen LogP) is 3.27. The van der Waals surface area contributed by atoms with Gasteiger partial charge in [-0.15, -0.1) is 0 Å². The average molecular weight is 427 g/mol. The summed E-state index contributed by atoms with van der Waals surface area (Å²) in [5, 5.41) is 7.05. The second-order valence-corrected chi connectivity index (χ2v) is 8.21. The van der Waals surface area contributed by atoms with E-state index in [-0.39, 0.29) is 11.9 Å². The van der Waals surface area contributed by atoms with Crippen LogP contribution in [-0.2, 0) is 4.79 Å². The third-order valence-electron chi connectivity index (χ3n) is 5.80. The van der Waals surface area contributed by atoms with Crippen molar-refractivity contribution in [3.63, 3.8) is 0 Å². The van der Waals surface area contributed by atoms with Crippen molar-refractivity contribution in [1.29, 1.82) is 0 Å². The summed E-state index contributed by atoms with van der Waals surface area (Å²) in [5.74, 6) is 0.747. The summed E-state index contributed by atoms with van der Waals surface area (Å²) < 4.78 is 5.53. The minimum absolute atomic E-state index is 0.00521. The van der Waals surface area contributed by atoms with Crippen LogP contribution < -0.4 is 4.74 Å². The number of methoxy groups -OCH3 is 1. The van der Waals surface area contributed by atoms with Gasteiger partial charge < -0.3 is 9.64 Å². The van der Waals surface area contributed by atoms with Gasteiger partial charge in [0.2, 0.25) is 0 Å². The van der Waals surface area contributed by atoms with Crippen LogP contribution in [-0.4, -0.2) is 73.3 Å². The van der Waals surface area contributed by atoms with Gasteiger partial charge in [-0.05, 0) is 30.8 Å². The summed E-state index contributed by atoms with van der Waals surface area (Å²) in [7, 11) is 3.76. The molecule has 7 heteroatoms. The lowest BCUT2D eigenvalue weighted by Crippen LogP contribution is -2.48. The first kappa shape index (κ1) is 20.8. The molecule has 0 aromatic heterocycles. The van der Waals surface area contributed by atoms with Crippen molar-refractivity contribution in [3.8, 4) is 5.75 Å². The molecule has 1 unspecified atom stereocenters. The lowest BCUT2D eigenvalue weighted by Gasteiger charge is -2.33. The number of nitrogens with zero attached hydrogens (tertiary/aromatic N) is 4. The Labute approximate surface area is 182 Å². The zero-order chi connectivity index (χ0) is 21.1. The Morgan fingerprint density at radius 3 is 2.53 bits per heavy atom. The summed E-state index contributed by atoms with van der Waals surface area (Å²) in [4.78, 5) is 17.8. The summed E-state index contributed by atoms with van der Waals surface area (Å²) >= 11 is 6.50. The first-order valence-electron chi connectivity index (χ1n) is 10.2. The highest BCUT2D eigenvalue weighted by molar-refractivity contribution is 6.31. The number of amides is 1. The van der Waals surface area contributed by atoms with Crippen molar-refractivity contribution in [1.82, 2.24) is 14.8 Å². The minimum atomic E-state index is -0.224. The number of likely N-dealkylation sites (N-methyl/N-ethyl adjacent to an activating group) is 1. The van der Waals surface area contributed by atoms with Crippen molar-refractivity contribution in [2.24, 2.45) is 5.10 Å². The van der Waals surface area contributed by atoms with E-state index in [0.29, 0.717) is 18.0 Å². The van der Waals surface area contributed by atoms with E-state index in [2.05, 4.69) is 16.8 Å². The molecule has 4 rings (SSSR count). The van der Waals surface area contributed by atoms with Gasteiger partial charge in [0.05, 0.1) is 25.4 Å². The van der Waals surface area contributed by atoms with Crippen LogP contribution in [0.1, 0.15) is 23.6 Å². The fraction of sp³-hybridized carbons (Fsp3) is 0.391. The molecule has 0 N–H and O–H groups in total. The smallest absolute Gasteiger partial charge is 0.257 e. The van der Waals surface area contributed by atoms with E-state index in [1.54, 1.807) is 12.1 Å². The maximum atomic E-state index is 13.3. The minimum Gasteiger partial charge on any atom is -0.496 e. The predicted molar refractivity (Wildman–Crippen MR) is 119 cm³/mol. The molecule has 30 heavy (non-hydrogen) atoms. The molecule has 1 atom stereocenters. The Bertz CT molecular complexity index is 940. The quantitative estimate of drug-likeness (QED) is 0.736. The molecule has 2 aromatic carbocycles. The second-order valence-electron chi connectivity index (χ2n) is 7.81. The van der Waals surface area contributed by atoms with Crippen LogP contribution in [0.2, 0.25) is 5.02 Å². The Morgan fingerprint density at radius 1 is 1.10 bits per heavy atom. The zero-order valence-corrected chi connectivity index (χ0v) is 18.2. The Morgan fingerprint density at radius 2 is 1.80 bits per heavy atom. The maximum absolute atomic E-state index is 13.3. The van der Waals surface area contributed by atoms with Crippen LogP contribution in [0, 0.1) is 0 Å². The van der Waals surface area contributed by atoms with E-state index in [1.807, 2.05) is 48.5 Å². The van der Waals surface area contributed by atoms with Crippen molar-refractivity contribution in [2.45, 2.75) is 12.5 Å². The van der Waals surface area contributed by atoms with Gasteiger partial charge >= 0.3 is 0 Å². The summed E-state index contributed by atoms with van der Waals surface area (Å²) in [6.45, 7) is 4.07. The molecule has 2 aliphatic rings. The molecule has 6 nitrogen and oxygen atoms in total. The highest BCUT2D eigenvalue weighted by atomic mass is 35.5. The molecule has 1 fully saturated rings. The topological polar surface area (TPSA) is 48.4 Å². The lowest BCUT2D eigenvalue weighted by atomic mass is 9.98. The molecular weight excluding hydrogens is 400 g/mol. The number of hydrogen-bond donors (Lipinski definition) is 0. The van der Waals surface area contributed by atoms with Crippen molar-refractivity contribution in [2.75, 3.05) is 46.9 Å². The fourth-order valence-corrected chi connectivity index (χ4v) is 4.31. The molecule has 1 amide bonds. The van der Waals surface area contributed by atoms with E-state index >= 15 is 0 Å². The third kappa shape index (κ3) is 4.36. The van der Waals surface area contributed by atoms with Crippen LogP contribution in [0.4, 0.5) is 0 Å². The van der Waals surface area contributed by atoms with E-state index in [9.17, 15) is 4.79 Å². The molecule has 2 heterocycles. The third-order valence-corrected chi connectivity index (χ3v) is 6.15. The largest absolute Gasteiger partial charge is 0.496 e. The fourth-order valence-electron chi connectivity index (χ4n) is 4.04. The molecule has 2 aromatic rings. The molecule has 0 saturated carbocycles. The number of para-hydroxylation sites is 1. The molecular formula is C23H27ClN4O2. The monoisotopic (exact) mass is 426 g/mol. The van der Waals surface area contributed by atoms with Crippen LogP contribution in [0.5, 0.6) is 5.75 Å². The number of halogens is 1. The molecule has 0 aliphatic carbocycles. The van der Waals surface area contributed by atoms with E-state index in [1.165, 1.54) is 0 Å². The van der Waals surface area contributed by atoms with Gasteiger partial charge in [0.1, 0.15) is 5.75 Å². The van der Waals surface area contributed by atoms with Gasteiger partial charge in [0, 0.05) is 43.2 Å². The van der Waals surface area contributed by atoms with Gasteiger partial charge in [0.25, 0.3) is 5.91 Å². The first-order chi connectivity index (χ1) is 14.6. The number of rotatable bonds is 5. The SMILES string of the molecule is COc1ccccc1C1=NN(C(=O)CN2CCN(C)CC2)C(c2ccccc2Cl)C1. The lowest BCUT2D eigenvalue weighted by molar-refractivity contribution is -0.134. The number of hydrazone groups is 1. The van der Waals surface area contributed by atoms with Gasteiger partial charge in [-0.2, -0.15) is 5.10 Å². The summed E-state index contributed by atoms with van der Waals surface area (Å²) in [6.07, 6.45) is 0.596. The van der Waals surface area contributed by atoms with E-state index < -0.39 is 0 Å². The normalized spacial score (nSPS) is 20.3. The highest BCUT2D eigenvalue weighted by Gasteiger charge is 2.35. The van der Waals surface area contributed by atoms with Gasteiger partial charge in [0.15, 0.2) is 0 Å². The highest BCUT2D eigenvalue weighted by Crippen LogP contribution is 2.37. The van der Waals surface area contributed by atoms with E-state index in [4.69, 9.17) is 21.4 Å². The van der Waals surface area contributed by atoms with Crippen LogP contribution in [0.25, 0.3) is 0 Å². The molecule has 158 valence electrons. The number of piperazine rings is 1. The van der Waals surface area contributed by atoms with Gasteiger partial charge in [-0.25, -0.2) is 5.01 Å². The number of ether oxygens (including phenoxy) is 1. The Balaban J connectivity index is 1.63. The number of benzene rings is 2. The molecule has 0 spiro atoms. The number of carbonyl (C=O) groups excluding carboxylic acids is 1. The Kier molecular flexibility index (Phi) is 6.37. The van der Waals surface area contributed by atoms with Crippen molar-refractivity contribution >= 4 is 23.2 Å². The molecule has 2 aliphatic heterocycles.